The molecule has 1 N–H and O–H groups in total. The number of carbonyl (C=O) groups excluding carboxylic acids is 4. The molecule has 4 fully saturated rings. The average molecular weight is 639 g/mol. The fourth-order valence-electron chi connectivity index (χ4n) is 8.21. The van der Waals surface area contributed by atoms with Gasteiger partial charge in [0.25, 0.3) is 0 Å². The minimum absolute atomic E-state index is 0.133. The van der Waals surface area contributed by atoms with Gasteiger partial charge in [0.15, 0.2) is 0 Å². The summed E-state index contributed by atoms with van der Waals surface area (Å²) in [6.07, 6.45) is 11.0. The largest absolute Gasteiger partial charge is 0.448 e. The highest BCUT2D eigenvalue weighted by Gasteiger charge is 2.37. The zero-order chi connectivity index (χ0) is 32.6. The van der Waals surface area contributed by atoms with Gasteiger partial charge in [-0.05, 0) is 107 Å². The maximum Gasteiger partial charge on any atom is 0.409 e. The Balaban J connectivity index is 1.09. The van der Waals surface area contributed by atoms with Crippen LogP contribution in [0.3, 0.4) is 0 Å². The summed E-state index contributed by atoms with van der Waals surface area (Å²) in [6.45, 7) is 6.41. The molecule has 254 valence electrons. The van der Waals surface area contributed by atoms with E-state index in [-0.39, 0.29) is 24.8 Å². The predicted molar refractivity (Wildman–Crippen MR) is 179 cm³/mol. The Morgan fingerprint density at radius 1 is 0.978 bits per heavy atom. The van der Waals surface area contributed by atoms with E-state index in [1.54, 1.807) is 7.05 Å². The topological polar surface area (TPSA) is 106 Å². The molecule has 11 nitrogen and oxygen atoms in total. The van der Waals surface area contributed by atoms with Crippen LogP contribution in [-0.4, -0.2) is 125 Å². The van der Waals surface area contributed by atoms with Crippen LogP contribution in [0.1, 0.15) is 75.7 Å². The number of aldehydes is 1. The molecule has 0 radical (unpaired) electrons. The van der Waals surface area contributed by atoms with Crippen LogP contribution in [0.2, 0.25) is 0 Å². The molecule has 0 bridgehead atoms. The number of nitrogens with zero attached hydrogens (tertiary/aromatic N) is 5. The normalized spacial score (nSPS) is 23.5. The highest BCUT2D eigenvalue weighted by molar-refractivity contribution is 5.95. The van der Waals surface area contributed by atoms with Gasteiger partial charge in [-0.2, -0.15) is 0 Å². The van der Waals surface area contributed by atoms with Crippen molar-refractivity contribution in [1.29, 1.82) is 0 Å². The third kappa shape index (κ3) is 8.02. The molecule has 3 amide bonds. The first-order chi connectivity index (χ1) is 22.3. The van der Waals surface area contributed by atoms with Crippen LogP contribution in [0.4, 0.5) is 16.2 Å². The Kier molecular flexibility index (Phi) is 11.9. The molecule has 4 aliphatic heterocycles. The van der Waals surface area contributed by atoms with E-state index in [0.717, 1.165) is 89.4 Å². The Labute approximate surface area is 274 Å². The number of nitrogens with one attached hydrogen (secondary N) is 1. The molecule has 0 saturated carbocycles. The van der Waals surface area contributed by atoms with Gasteiger partial charge in [0, 0.05) is 59.3 Å². The Bertz CT molecular complexity index is 1200. The van der Waals surface area contributed by atoms with Crippen molar-refractivity contribution in [3.05, 3.63) is 23.8 Å². The highest BCUT2D eigenvalue weighted by atomic mass is 16.6. The van der Waals surface area contributed by atoms with Crippen molar-refractivity contribution in [1.82, 2.24) is 20.0 Å². The van der Waals surface area contributed by atoms with Crippen LogP contribution in [0.25, 0.3) is 0 Å². The number of likely N-dealkylation sites (tertiary alicyclic amines) is 2. The van der Waals surface area contributed by atoms with Crippen molar-refractivity contribution in [3.63, 3.8) is 0 Å². The Morgan fingerprint density at radius 2 is 1.74 bits per heavy atom. The molecule has 11 heteroatoms. The van der Waals surface area contributed by atoms with Gasteiger partial charge in [-0.3, -0.25) is 14.5 Å². The van der Waals surface area contributed by atoms with Gasteiger partial charge in [-0.15, -0.1) is 0 Å². The maximum atomic E-state index is 12.8. The number of piperidine rings is 2. The summed E-state index contributed by atoms with van der Waals surface area (Å²) >= 11 is 0. The lowest BCUT2D eigenvalue weighted by molar-refractivity contribution is -0.123. The smallest absolute Gasteiger partial charge is 0.409 e. The minimum Gasteiger partial charge on any atom is -0.448 e. The standard InChI is InChI=1S/C35H54N6O5/c1-36-34(44)32(7-5-21-42)41(25-43)31-11-8-28(22-33(31)37(2)3)27-14-17-38(18-15-27)23-26-12-19-39(20-13-26)35(45)46-24-30-10-9-29-6-4-16-40(29)30/h8,11,21-22,25-27,29-30,32H,4-7,9-10,12-20,23-24H2,1-3H3,(H,36,44). The number of carbonyl (C=O) groups is 4. The zero-order valence-corrected chi connectivity index (χ0v) is 28.1. The monoisotopic (exact) mass is 638 g/mol. The van der Waals surface area contributed by atoms with Crippen molar-refractivity contribution in [3.8, 4) is 0 Å². The fraction of sp³-hybridized carbons (Fsp3) is 0.714. The lowest BCUT2D eigenvalue weighted by Gasteiger charge is -2.38. The van der Waals surface area contributed by atoms with Gasteiger partial charge in [-0.25, -0.2) is 4.79 Å². The van der Waals surface area contributed by atoms with E-state index < -0.39 is 6.04 Å². The number of ether oxygens (including phenoxy) is 1. The summed E-state index contributed by atoms with van der Waals surface area (Å²) in [5.41, 5.74) is 2.78. The molecule has 3 atom stereocenters. The van der Waals surface area contributed by atoms with E-state index in [1.807, 2.05) is 30.0 Å². The van der Waals surface area contributed by atoms with E-state index in [4.69, 9.17) is 4.74 Å². The van der Waals surface area contributed by atoms with Crippen molar-refractivity contribution in [2.45, 2.75) is 88.3 Å². The minimum atomic E-state index is -0.757. The molecular formula is C35H54N6O5. The summed E-state index contributed by atoms with van der Waals surface area (Å²) in [7, 11) is 5.43. The Morgan fingerprint density at radius 3 is 2.41 bits per heavy atom. The molecule has 0 aliphatic carbocycles. The second-order valence-electron chi connectivity index (χ2n) is 13.9. The van der Waals surface area contributed by atoms with Crippen LogP contribution >= 0.6 is 0 Å². The SMILES string of the molecule is CNC(=O)C(CCC=O)N(C=O)c1ccc(C2CCN(CC3CCN(C(=O)OCC4CCC5CCCN54)CC3)CC2)cc1N(C)C. The number of likely N-dealkylation sites (N-methyl/N-ethyl adjacent to an activating group) is 1. The molecule has 3 unspecified atom stereocenters. The lowest BCUT2D eigenvalue weighted by atomic mass is 9.87. The zero-order valence-electron chi connectivity index (χ0n) is 28.1. The first-order valence-corrected chi connectivity index (χ1v) is 17.4. The van der Waals surface area contributed by atoms with E-state index in [9.17, 15) is 19.2 Å². The quantitative estimate of drug-likeness (QED) is 0.328. The average Bonchev–Trinajstić information content (AvgIpc) is 3.70. The van der Waals surface area contributed by atoms with Crippen molar-refractivity contribution < 1.29 is 23.9 Å². The molecule has 0 spiro atoms. The van der Waals surface area contributed by atoms with E-state index in [1.165, 1.54) is 29.7 Å². The number of amides is 3. The lowest BCUT2D eigenvalue weighted by Crippen LogP contribution is -2.46. The van der Waals surface area contributed by atoms with Crippen molar-refractivity contribution in [2.75, 3.05) is 76.8 Å². The molecule has 5 rings (SSSR count). The van der Waals surface area contributed by atoms with Gasteiger partial charge >= 0.3 is 6.09 Å². The number of hydrogen-bond acceptors (Lipinski definition) is 8. The number of fused-ring (bicyclic) bond motifs is 1. The van der Waals surface area contributed by atoms with Crippen molar-refractivity contribution in [2.24, 2.45) is 5.92 Å². The van der Waals surface area contributed by atoms with Crippen LogP contribution < -0.4 is 15.1 Å². The molecule has 0 aromatic heterocycles. The summed E-state index contributed by atoms with van der Waals surface area (Å²) in [5.74, 6) is 0.730. The first-order valence-electron chi connectivity index (χ1n) is 17.4. The fourth-order valence-corrected chi connectivity index (χ4v) is 8.21. The first kappa shape index (κ1) is 34.2. The molecule has 1 aromatic carbocycles. The van der Waals surface area contributed by atoms with E-state index in [0.29, 0.717) is 36.6 Å². The van der Waals surface area contributed by atoms with Gasteiger partial charge in [0.1, 0.15) is 18.9 Å². The highest BCUT2D eigenvalue weighted by Crippen LogP contribution is 2.37. The van der Waals surface area contributed by atoms with Gasteiger partial charge in [0.05, 0.1) is 11.4 Å². The third-order valence-corrected chi connectivity index (χ3v) is 10.9. The van der Waals surface area contributed by atoms with Crippen LogP contribution in [0, 0.1) is 5.92 Å². The predicted octanol–water partition coefficient (Wildman–Crippen LogP) is 3.46. The number of benzene rings is 1. The number of rotatable bonds is 13. The van der Waals surface area contributed by atoms with Gasteiger partial charge in [0.2, 0.25) is 12.3 Å². The summed E-state index contributed by atoms with van der Waals surface area (Å²) < 4.78 is 5.79. The second kappa shape index (κ2) is 16.1. The molecular weight excluding hydrogens is 584 g/mol. The summed E-state index contributed by atoms with van der Waals surface area (Å²) in [4.78, 5) is 59.2. The summed E-state index contributed by atoms with van der Waals surface area (Å²) in [5, 5.41) is 2.63. The van der Waals surface area contributed by atoms with Gasteiger partial charge in [-0.1, -0.05) is 6.07 Å². The van der Waals surface area contributed by atoms with Crippen LogP contribution in [0.15, 0.2) is 18.2 Å². The number of hydrogen-bond donors (Lipinski definition) is 1. The van der Waals surface area contributed by atoms with Crippen LogP contribution in [-0.2, 0) is 19.1 Å². The molecule has 46 heavy (non-hydrogen) atoms. The molecule has 4 heterocycles. The van der Waals surface area contributed by atoms with E-state index >= 15 is 0 Å². The van der Waals surface area contributed by atoms with Crippen molar-refractivity contribution >= 4 is 36.1 Å². The molecule has 1 aromatic rings. The van der Waals surface area contributed by atoms with E-state index in [2.05, 4.69) is 27.2 Å². The molecule has 4 aliphatic rings. The van der Waals surface area contributed by atoms with Crippen LogP contribution in [0.5, 0.6) is 0 Å². The maximum absolute atomic E-state index is 12.8. The third-order valence-electron chi connectivity index (χ3n) is 10.9. The Hall–Kier alpha value is -3.18. The number of anilines is 2. The second-order valence-corrected chi connectivity index (χ2v) is 13.9. The van der Waals surface area contributed by atoms with Gasteiger partial charge < -0.3 is 34.4 Å². The summed E-state index contributed by atoms with van der Waals surface area (Å²) in [6, 6.07) is 6.55. The molecule has 4 saturated heterocycles.